The van der Waals surface area contributed by atoms with Crippen LogP contribution in [0, 0.1) is 12.7 Å². The number of carbonyl (C=O) groups is 2. The fourth-order valence-electron chi connectivity index (χ4n) is 3.87. The number of benzene rings is 3. The van der Waals surface area contributed by atoms with E-state index in [1.54, 1.807) is 37.3 Å². The van der Waals surface area contributed by atoms with Gasteiger partial charge in [-0.25, -0.2) is 4.39 Å². The molecule has 4 aromatic rings. The molecule has 0 saturated carbocycles. The Morgan fingerprint density at radius 1 is 1.10 bits per heavy atom. The van der Waals surface area contributed by atoms with Gasteiger partial charge in [0.15, 0.2) is 0 Å². The fraction of sp³-hybridized carbons (Fsp3) is 0.0870. The third-order valence-electron chi connectivity index (χ3n) is 5.38. The van der Waals surface area contributed by atoms with Crippen molar-refractivity contribution in [2.45, 2.75) is 13.0 Å². The molecule has 148 valence electrons. The molecule has 2 N–H and O–H groups in total. The summed E-state index contributed by atoms with van der Waals surface area (Å²) in [6.45, 7) is 1.68. The molecule has 0 saturated heterocycles. The summed E-state index contributed by atoms with van der Waals surface area (Å²) in [7, 11) is 0. The number of halogens is 1. The van der Waals surface area contributed by atoms with Crippen molar-refractivity contribution in [3.63, 3.8) is 0 Å². The average Bonchev–Trinajstić information content (AvgIpc) is 3.32. The molecule has 1 unspecified atom stereocenters. The van der Waals surface area contributed by atoms with Crippen molar-refractivity contribution >= 4 is 39.1 Å². The minimum atomic E-state index is -0.549. The Labute approximate surface area is 175 Å². The summed E-state index contributed by atoms with van der Waals surface area (Å²) in [4.78, 5) is 25.6. The second-order valence-corrected chi connectivity index (χ2v) is 7.91. The lowest BCUT2D eigenvalue weighted by Crippen LogP contribution is -2.21. The number of fused-ring (bicyclic) bond motifs is 2. The second-order valence-electron chi connectivity index (χ2n) is 7.11. The van der Waals surface area contributed by atoms with E-state index in [-0.39, 0.29) is 17.6 Å². The predicted octanol–water partition coefficient (Wildman–Crippen LogP) is 4.83. The second kappa shape index (κ2) is 7.03. The van der Waals surface area contributed by atoms with Crippen LogP contribution < -0.4 is 10.6 Å². The standard InChI is InChI=1S/C23H16FN3O2S/c1-12-13(7-4-9-16(12)24)20-19-15(22(28)26-20)8-5-10-17(19)25-23(29)21-14-6-2-3-11-18(14)30-27-21/h2-11,20H,1H3,(H,25,29)(H,26,28). The van der Waals surface area contributed by atoms with Crippen molar-refractivity contribution in [3.8, 4) is 0 Å². The monoisotopic (exact) mass is 417 g/mol. The van der Waals surface area contributed by atoms with Crippen LogP contribution in [0.4, 0.5) is 10.1 Å². The van der Waals surface area contributed by atoms with Crippen molar-refractivity contribution in [2.75, 3.05) is 5.32 Å². The highest BCUT2D eigenvalue weighted by Crippen LogP contribution is 2.38. The van der Waals surface area contributed by atoms with E-state index in [4.69, 9.17) is 0 Å². The molecule has 5 nitrogen and oxygen atoms in total. The highest BCUT2D eigenvalue weighted by atomic mass is 32.1. The molecule has 0 spiro atoms. The molecule has 1 aliphatic rings. The first kappa shape index (κ1) is 18.4. The van der Waals surface area contributed by atoms with Gasteiger partial charge in [-0.05, 0) is 53.8 Å². The van der Waals surface area contributed by atoms with Crippen LogP contribution in [0.2, 0.25) is 0 Å². The molecule has 5 rings (SSSR count). The first-order chi connectivity index (χ1) is 14.5. The molecule has 7 heteroatoms. The van der Waals surface area contributed by atoms with Crippen molar-refractivity contribution < 1.29 is 14.0 Å². The summed E-state index contributed by atoms with van der Waals surface area (Å²) >= 11 is 1.26. The Balaban J connectivity index is 1.57. The van der Waals surface area contributed by atoms with E-state index < -0.39 is 6.04 Å². The number of hydrogen-bond acceptors (Lipinski definition) is 4. The predicted molar refractivity (Wildman–Crippen MR) is 114 cm³/mol. The number of hydrogen-bond donors (Lipinski definition) is 2. The van der Waals surface area contributed by atoms with Gasteiger partial charge < -0.3 is 10.6 Å². The van der Waals surface area contributed by atoms with Crippen molar-refractivity contribution in [1.29, 1.82) is 0 Å². The summed E-state index contributed by atoms with van der Waals surface area (Å²) in [6, 6.07) is 16.9. The number of amides is 2. The molecule has 0 aliphatic carbocycles. The van der Waals surface area contributed by atoms with E-state index in [1.807, 2.05) is 24.3 Å². The lowest BCUT2D eigenvalue weighted by molar-refractivity contribution is 0.0959. The van der Waals surface area contributed by atoms with Gasteiger partial charge in [-0.2, -0.15) is 4.37 Å². The maximum Gasteiger partial charge on any atom is 0.276 e. The van der Waals surface area contributed by atoms with E-state index in [0.717, 1.165) is 10.1 Å². The van der Waals surface area contributed by atoms with Crippen LogP contribution in [-0.4, -0.2) is 16.2 Å². The molecular formula is C23H16FN3O2S. The van der Waals surface area contributed by atoms with Crippen LogP contribution >= 0.6 is 11.5 Å². The van der Waals surface area contributed by atoms with E-state index in [9.17, 15) is 14.0 Å². The highest BCUT2D eigenvalue weighted by Gasteiger charge is 2.34. The molecule has 1 aliphatic heterocycles. The molecule has 2 heterocycles. The van der Waals surface area contributed by atoms with Crippen molar-refractivity contribution in [1.82, 2.24) is 9.69 Å². The minimum absolute atomic E-state index is 0.256. The third kappa shape index (κ3) is 2.86. The largest absolute Gasteiger partial charge is 0.341 e. The maximum atomic E-state index is 14.2. The quantitative estimate of drug-likeness (QED) is 0.502. The van der Waals surface area contributed by atoms with Crippen LogP contribution in [-0.2, 0) is 0 Å². The topological polar surface area (TPSA) is 71.1 Å². The molecule has 1 aromatic heterocycles. The molecular weight excluding hydrogens is 401 g/mol. The summed E-state index contributed by atoms with van der Waals surface area (Å²) in [5, 5.41) is 6.60. The smallest absolute Gasteiger partial charge is 0.276 e. The summed E-state index contributed by atoms with van der Waals surface area (Å²) in [5.41, 5.74) is 3.05. The van der Waals surface area contributed by atoms with Gasteiger partial charge in [0, 0.05) is 22.2 Å². The lowest BCUT2D eigenvalue weighted by Gasteiger charge is -2.18. The molecule has 3 aromatic carbocycles. The summed E-state index contributed by atoms with van der Waals surface area (Å²) < 4.78 is 19.4. The third-order valence-corrected chi connectivity index (χ3v) is 6.20. The zero-order valence-corrected chi connectivity index (χ0v) is 16.7. The molecule has 0 bridgehead atoms. The molecule has 0 radical (unpaired) electrons. The van der Waals surface area contributed by atoms with Crippen molar-refractivity contribution in [2.24, 2.45) is 0 Å². The Morgan fingerprint density at radius 3 is 2.77 bits per heavy atom. The molecule has 30 heavy (non-hydrogen) atoms. The Kier molecular flexibility index (Phi) is 4.33. The van der Waals surface area contributed by atoms with Gasteiger partial charge in [-0.3, -0.25) is 9.59 Å². The fourth-order valence-corrected chi connectivity index (χ4v) is 4.64. The number of anilines is 1. The average molecular weight is 417 g/mol. The first-order valence-corrected chi connectivity index (χ1v) is 10.2. The maximum absolute atomic E-state index is 14.2. The zero-order valence-electron chi connectivity index (χ0n) is 15.9. The number of aromatic nitrogens is 1. The summed E-state index contributed by atoms with van der Waals surface area (Å²) in [5.74, 6) is -0.950. The van der Waals surface area contributed by atoms with Gasteiger partial charge in [0.2, 0.25) is 0 Å². The SMILES string of the molecule is Cc1c(F)cccc1C1NC(=O)c2cccc(NC(=O)c3nsc4ccccc34)c21. The molecule has 1 atom stereocenters. The minimum Gasteiger partial charge on any atom is -0.341 e. The van der Waals surface area contributed by atoms with Gasteiger partial charge in [0.1, 0.15) is 11.5 Å². The lowest BCUT2D eigenvalue weighted by atomic mass is 9.93. The van der Waals surface area contributed by atoms with Gasteiger partial charge in [0.25, 0.3) is 11.8 Å². The Hall–Kier alpha value is -3.58. The zero-order chi connectivity index (χ0) is 20.8. The highest BCUT2D eigenvalue weighted by molar-refractivity contribution is 7.13. The molecule has 2 amide bonds. The van der Waals surface area contributed by atoms with Crippen LogP contribution in [0.3, 0.4) is 0 Å². The van der Waals surface area contributed by atoms with E-state index >= 15 is 0 Å². The van der Waals surface area contributed by atoms with Crippen LogP contribution in [0.1, 0.15) is 43.6 Å². The number of nitrogens with zero attached hydrogens (tertiary/aromatic N) is 1. The van der Waals surface area contributed by atoms with Crippen LogP contribution in [0.25, 0.3) is 10.1 Å². The first-order valence-electron chi connectivity index (χ1n) is 9.39. The van der Waals surface area contributed by atoms with E-state index in [1.165, 1.54) is 17.6 Å². The van der Waals surface area contributed by atoms with Crippen molar-refractivity contribution in [3.05, 3.63) is 94.4 Å². The normalized spacial score (nSPS) is 15.1. The van der Waals surface area contributed by atoms with Crippen LogP contribution in [0.15, 0.2) is 60.7 Å². The van der Waals surface area contributed by atoms with Gasteiger partial charge >= 0.3 is 0 Å². The van der Waals surface area contributed by atoms with Gasteiger partial charge in [-0.1, -0.05) is 36.4 Å². The van der Waals surface area contributed by atoms with Gasteiger partial charge in [0.05, 0.1) is 10.7 Å². The number of carbonyl (C=O) groups excluding carboxylic acids is 2. The summed E-state index contributed by atoms with van der Waals surface area (Å²) in [6.07, 6.45) is 0. The number of rotatable bonds is 3. The van der Waals surface area contributed by atoms with Crippen LogP contribution in [0.5, 0.6) is 0 Å². The molecule has 0 fully saturated rings. The van der Waals surface area contributed by atoms with E-state index in [0.29, 0.717) is 33.6 Å². The van der Waals surface area contributed by atoms with E-state index in [2.05, 4.69) is 15.0 Å². The van der Waals surface area contributed by atoms with Gasteiger partial charge in [-0.15, -0.1) is 0 Å². The number of nitrogens with one attached hydrogen (secondary N) is 2. The Morgan fingerprint density at radius 2 is 1.90 bits per heavy atom. The Bertz CT molecular complexity index is 1330.